The van der Waals surface area contributed by atoms with Gasteiger partial charge in [-0.25, -0.2) is 0 Å². The molecule has 6 nitrogen and oxygen atoms in total. The van der Waals surface area contributed by atoms with E-state index in [9.17, 15) is 9.59 Å². The van der Waals surface area contributed by atoms with Crippen LogP contribution in [0, 0.1) is 0 Å². The fourth-order valence-corrected chi connectivity index (χ4v) is 1.49. The lowest BCUT2D eigenvalue weighted by atomic mass is 10.1. The number of aliphatic imine (C=N–C) groups is 1. The molecule has 1 aliphatic heterocycles. The topological polar surface area (TPSA) is 102 Å². The van der Waals surface area contributed by atoms with Crippen molar-refractivity contribution in [3.05, 3.63) is 0 Å². The molecule has 1 aliphatic rings. The molecule has 4 N–H and O–H groups in total. The number of guanidine groups is 1. The van der Waals surface area contributed by atoms with Gasteiger partial charge < -0.3 is 21.2 Å². The average molecular weight is 212 g/mol. The van der Waals surface area contributed by atoms with Crippen molar-refractivity contribution in [1.82, 2.24) is 4.90 Å². The molecule has 1 unspecified atom stereocenters. The summed E-state index contributed by atoms with van der Waals surface area (Å²) < 4.78 is 0. The molecule has 0 aromatic rings. The van der Waals surface area contributed by atoms with Crippen LogP contribution in [-0.2, 0) is 9.59 Å². The average Bonchev–Trinajstić information content (AvgIpc) is 2.19. The lowest BCUT2D eigenvalue weighted by molar-refractivity contribution is -0.145. The van der Waals surface area contributed by atoms with Crippen molar-refractivity contribution >= 4 is 18.2 Å². The number of nitrogens with zero attached hydrogens (tertiary/aromatic N) is 2. The van der Waals surface area contributed by atoms with E-state index in [2.05, 4.69) is 4.99 Å². The highest BCUT2D eigenvalue weighted by atomic mass is 16.2. The summed E-state index contributed by atoms with van der Waals surface area (Å²) in [6.07, 6.45) is 2.68. The largest absolute Gasteiger partial charge is 0.370 e. The second-order valence-electron chi connectivity index (χ2n) is 3.49. The lowest BCUT2D eigenvalue weighted by Crippen LogP contribution is -2.50. The number of aldehydes is 1. The Kier molecular flexibility index (Phi) is 4.08. The number of rotatable bonds is 6. The van der Waals surface area contributed by atoms with Gasteiger partial charge in [-0.1, -0.05) is 0 Å². The van der Waals surface area contributed by atoms with Gasteiger partial charge in [0, 0.05) is 19.5 Å². The molecule has 15 heavy (non-hydrogen) atoms. The quantitative estimate of drug-likeness (QED) is 0.190. The van der Waals surface area contributed by atoms with Gasteiger partial charge in [-0.3, -0.25) is 9.79 Å². The zero-order chi connectivity index (χ0) is 11.3. The number of β-lactam (4-membered cyclic amide) rings is 1. The van der Waals surface area contributed by atoms with E-state index in [1.165, 1.54) is 0 Å². The molecular formula is C9H16N4O2. The van der Waals surface area contributed by atoms with Gasteiger partial charge in [0.05, 0.1) is 6.04 Å². The second-order valence-corrected chi connectivity index (χ2v) is 3.49. The molecule has 6 heteroatoms. The van der Waals surface area contributed by atoms with Gasteiger partial charge in [-0.05, 0) is 12.8 Å². The lowest BCUT2D eigenvalue weighted by Gasteiger charge is -2.35. The van der Waals surface area contributed by atoms with Crippen molar-refractivity contribution in [2.24, 2.45) is 16.5 Å². The Morgan fingerprint density at radius 3 is 2.73 bits per heavy atom. The third-order valence-electron chi connectivity index (χ3n) is 2.40. The van der Waals surface area contributed by atoms with Crippen LogP contribution in [0.15, 0.2) is 4.99 Å². The first-order valence-electron chi connectivity index (χ1n) is 4.95. The maximum atomic E-state index is 11.1. The summed E-state index contributed by atoms with van der Waals surface area (Å²) in [4.78, 5) is 27.2. The van der Waals surface area contributed by atoms with Crippen LogP contribution in [0.4, 0.5) is 0 Å². The van der Waals surface area contributed by atoms with Gasteiger partial charge in [-0.15, -0.1) is 0 Å². The van der Waals surface area contributed by atoms with E-state index in [1.54, 1.807) is 4.90 Å². The molecule has 0 aromatic heterocycles. The number of likely N-dealkylation sites (tertiary alicyclic amines) is 1. The minimum Gasteiger partial charge on any atom is -0.370 e. The van der Waals surface area contributed by atoms with Crippen molar-refractivity contribution in [2.45, 2.75) is 25.3 Å². The Morgan fingerprint density at radius 1 is 1.60 bits per heavy atom. The SMILES string of the molecule is NC(N)=NCCCC(C=O)N1CCC1=O. The van der Waals surface area contributed by atoms with E-state index >= 15 is 0 Å². The first-order valence-corrected chi connectivity index (χ1v) is 4.95. The molecule has 84 valence electrons. The fraction of sp³-hybridized carbons (Fsp3) is 0.667. The molecule has 1 saturated heterocycles. The summed E-state index contributed by atoms with van der Waals surface area (Å²) in [6, 6.07) is -0.305. The summed E-state index contributed by atoms with van der Waals surface area (Å²) >= 11 is 0. The number of carbonyl (C=O) groups is 2. The highest BCUT2D eigenvalue weighted by Gasteiger charge is 2.30. The number of hydrogen-bond acceptors (Lipinski definition) is 3. The monoisotopic (exact) mass is 212 g/mol. The first-order chi connectivity index (χ1) is 7.15. The molecule has 1 amide bonds. The molecular weight excluding hydrogens is 196 g/mol. The van der Waals surface area contributed by atoms with E-state index < -0.39 is 0 Å². The highest BCUT2D eigenvalue weighted by molar-refractivity contribution is 5.84. The van der Waals surface area contributed by atoms with Crippen molar-refractivity contribution in [3.8, 4) is 0 Å². The van der Waals surface area contributed by atoms with Gasteiger partial charge in [0.2, 0.25) is 5.91 Å². The van der Waals surface area contributed by atoms with Crippen LogP contribution in [0.2, 0.25) is 0 Å². The normalized spacial score (nSPS) is 16.8. The number of carbonyl (C=O) groups excluding carboxylic acids is 2. The van der Waals surface area contributed by atoms with E-state index in [1.807, 2.05) is 0 Å². The van der Waals surface area contributed by atoms with E-state index in [-0.39, 0.29) is 17.9 Å². The third kappa shape index (κ3) is 3.23. The third-order valence-corrected chi connectivity index (χ3v) is 2.40. The van der Waals surface area contributed by atoms with E-state index in [0.29, 0.717) is 32.4 Å². The summed E-state index contributed by atoms with van der Waals surface area (Å²) in [6.45, 7) is 1.18. The van der Waals surface area contributed by atoms with Crippen LogP contribution in [0.25, 0.3) is 0 Å². The van der Waals surface area contributed by atoms with Crippen molar-refractivity contribution in [2.75, 3.05) is 13.1 Å². The number of nitrogens with two attached hydrogens (primary N) is 2. The van der Waals surface area contributed by atoms with Gasteiger partial charge in [0.15, 0.2) is 5.96 Å². The van der Waals surface area contributed by atoms with Crippen LogP contribution >= 0.6 is 0 Å². The molecule has 1 heterocycles. The smallest absolute Gasteiger partial charge is 0.224 e. The van der Waals surface area contributed by atoms with Gasteiger partial charge in [-0.2, -0.15) is 0 Å². The molecule has 0 bridgehead atoms. The number of hydrogen-bond donors (Lipinski definition) is 2. The van der Waals surface area contributed by atoms with Crippen molar-refractivity contribution in [1.29, 1.82) is 0 Å². The van der Waals surface area contributed by atoms with Gasteiger partial charge in [0.25, 0.3) is 0 Å². The Bertz CT molecular complexity index is 273. The second kappa shape index (κ2) is 5.33. The maximum Gasteiger partial charge on any atom is 0.224 e. The van der Waals surface area contributed by atoms with Crippen LogP contribution in [-0.4, -0.2) is 42.2 Å². The molecule has 1 atom stereocenters. The predicted molar refractivity (Wildman–Crippen MR) is 56.1 cm³/mol. The van der Waals surface area contributed by atoms with Crippen LogP contribution in [0.3, 0.4) is 0 Å². The highest BCUT2D eigenvalue weighted by Crippen LogP contribution is 2.15. The zero-order valence-corrected chi connectivity index (χ0v) is 8.56. The minimum absolute atomic E-state index is 0.0499. The molecule has 0 saturated carbocycles. The standard InChI is InChI=1S/C9H16N4O2/c10-9(11)12-4-1-2-7(6-14)13-5-3-8(13)15/h6-7H,1-5H2,(H4,10,11,12). The van der Waals surface area contributed by atoms with Crippen LogP contribution in [0.1, 0.15) is 19.3 Å². The molecule has 0 aromatic carbocycles. The fourth-order valence-electron chi connectivity index (χ4n) is 1.49. The Labute approximate surface area is 88.3 Å². The summed E-state index contributed by atoms with van der Waals surface area (Å²) in [5, 5.41) is 0. The van der Waals surface area contributed by atoms with Crippen LogP contribution < -0.4 is 11.5 Å². The predicted octanol–water partition coefficient (Wildman–Crippen LogP) is -1.16. The van der Waals surface area contributed by atoms with Gasteiger partial charge in [0.1, 0.15) is 6.29 Å². The van der Waals surface area contributed by atoms with E-state index in [0.717, 1.165) is 6.29 Å². The molecule has 0 radical (unpaired) electrons. The molecule has 1 fully saturated rings. The molecule has 0 spiro atoms. The Hall–Kier alpha value is -1.59. The van der Waals surface area contributed by atoms with Crippen LogP contribution in [0.5, 0.6) is 0 Å². The zero-order valence-electron chi connectivity index (χ0n) is 8.56. The van der Waals surface area contributed by atoms with Gasteiger partial charge >= 0.3 is 0 Å². The van der Waals surface area contributed by atoms with E-state index in [4.69, 9.17) is 11.5 Å². The minimum atomic E-state index is -0.305. The molecule has 1 rings (SSSR count). The summed E-state index contributed by atoms with van der Waals surface area (Å²) in [7, 11) is 0. The van der Waals surface area contributed by atoms with Crippen molar-refractivity contribution in [3.63, 3.8) is 0 Å². The Morgan fingerprint density at radius 2 is 2.33 bits per heavy atom. The summed E-state index contributed by atoms with van der Waals surface area (Å²) in [5.74, 6) is 0.103. The maximum absolute atomic E-state index is 11.1. The Balaban J connectivity index is 2.25. The molecule has 0 aliphatic carbocycles. The first kappa shape index (κ1) is 11.5. The summed E-state index contributed by atoms with van der Waals surface area (Å²) in [5.41, 5.74) is 10.3. The number of amides is 1. The van der Waals surface area contributed by atoms with Crippen molar-refractivity contribution < 1.29 is 9.59 Å².